The summed E-state index contributed by atoms with van der Waals surface area (Å²) < 4.78 is 41.7. The van der Waals surface area contributed by atoms with E-state index in [0.717, 1.165) is 5.56 Å². The van der Waals surface area contributed by atoms with E-state index in [1.54, 1.807) is 4.90 Å². The number of rotatable bonds is 3. The van der Waals surface area contributed by atoms with Crippen LogP contribution in [0.15, 0.2) is 30.3 Å². The van der Waals surface area contributed by atoms with Gasteiger partial charge in [-0.25, -0.2) is 0 Å². The van der Waals surface area contributed by atoms with E-state index in [2.05, 4.69) is 0 Å². The molecule has 1 atom stereocenters. The molecule has 2 saturated heterocycles. The first-order valence-electron chi connectivity index (χ1n) is 8.70. The molecular weight excluding hydrogens is 367 g/mol. The standard InChI is InChI=1S/C18H24F3N3O.ClH/c19-18(20,21)17(16(25)24-9-6-15(22)7-10-24)8-11-23(13-17)12-14-4-2-1-3-5-14;/h1-5,15H,6-13,22H2;1H. The molecule has 0 aliphatic carbocycles. The number of hydrogen-bond acceptors (Lipinski definition) is 3. The summed E-state index contributed by atoms with van der Waals surface area (Å²) in [7, 11) is 0. The van der Waals surface area contributed by atoms with Crippen LogP contribution in [-0.4, -0.2) is 54.1 Å². The number of carbonyl (C=O) groups excluding carboxylic acids is 1. The second kappa shape index (κ2) is 8.15. The second-order valence-electron chi connectivity index (χ2n) is 7.16. The average molecular weight is 392 g/mol. The summed E-state index contributed by atoms with van der Waals surface area (Å²) in [5.74, 6) is -0.775. The summed E-state index contributed by atoms with van der Waals surface area (Å²) >= 11 is 0. The molecule has 1 amide bonds. The molecule has 146 valence electrons. The zero-order valence-corrected chi connectivity index (χ0v) is 15.4. The first-order valence-corrected chi connectivity index (χ1v) is 8.70. The summed E-state index contributed by atoms with van der Waals surface area (Å²) in [5.41, 5.74) is 4.48. The number of carbonyl (C=O) groups is 1. The Hall–Kier alpha value is -1.31. The summed E-state index contributed by atoms with van der Waals surface area (Å²) in [6.07, 6.45) is -3.60. The maximum absolute atomic E-state index is 13.9. The van der Waals surface area contributed by atoms with E-state index in [4.69, 9.17) is 5.73 Å². The van der Waals surface area contributed by atoms with Crippen LogP contribution in [0.5, 0.6) is 0 Å². The van der Waals surface area contributed by atoms with Crippen molar-refractivity contribution in [1.29, 1.82) is 0 Å². The zero-order valence-electron chi connectivity index (χ0n) is 14.5. The van der Waals surface area contributed by atoms with Crippen LogP contribution < -0.4 is 5.73 Å². The summed E-state index contributed by atoms with van der Waals surface area (Å²) in [4.78, 5) is 15.9. The van der Waals surface area contributed by atoms with E-state index in [9.17, 15) is 18.0 Å². The Bertz CT molecular complexity index is 605. The van der Waals surface area contributed by atoms with Crippen LogP contribution in [0, 0.1) is 5.41 Å². The fourth-order valence-corrected chi connectivity index (χ4v) is 3.80. The van der Waals surface area contributed by atoms with Crippen LogP contribution in [-0.2, 0) is 11.3 Å². The fraction of sp³-hybridized carbons (Fsp3) is 0.611. The molecule has 4 nitrogen and oxygen atoms in total. The fourth-order valence-electron chi connectivity index (χ4n) is 3.80. The van der Waals surface area contributed by atoms with Gasteiger partial charge in [0.25, 0.3) is 0 Å². The molecule has 26 heavy (non-hydrogen) atoms. The number of nitrogens with two attached hydrogens (primary N) is 1. The normalized spacial score (nSPS) is 25.2. The maximum Gasteiger partial charge on any atom is 0.404 e. The Morgan fingerprint density at radius 1 is 1.15 bits per heavy atom. The molecule has 2 aliphatic heterocycles. The van der Waals surface area contributed by atoms with Gasteiger partial charge in [-0.05, 0) is 31.4 Å². The van der Waals surface area contributed by atoms with Gasteiger partial charge in [-0.2, -0.15) is 13.2 Å². The number of benzene rings is 1. The highest BCUT2D eigenvalue weighted by molar-refractivity contribution is 5.85. The van der Waals surface area contributed by atoms with E-state index in [1.807, 2.05) is 30.3 Å². The summed E-state index contributed by atoms with van der Waals surface area (Å²) in [5, 5.41) is 0. The lowest BCUT2D eigenvalue weighted by atomic mass is 9.83. The number of halogens is 4. The van der Waals surface area contributed by atoms with Crippen molar-refractivity contribution >= 4 is 18.3 Å². The molecule has 1 aromatic carbocycles. The Kier molecular flexibility index (Phi) is 6.58. The Morgan fingerprint density at radius 2 is 1.77 bits per heavy atom. The molecule has 2 N–H and O–H groups in total. The summed E-state index contributed by atoms with van der Waals surface area (Å²) in [6.45, 7) is 1.06. The van der Waals surface area contributed by atoms with Crippen molar-refractivity contribution in [1.82, 2.24) is 9.80 Å². The first-order chi connectivity index (χ1) is 11.8. The van der Waals surface area contributed by atoms with E-state index in [-0.39, 0.29) is 38.0 Å². The molecule has 0 spiro atoms. The molecular formula is C18H25ClF3N3O. The van der Waals surface area contributed by atoms with Crippen molar-refractivity contribution < 1.29 is 18.0 Å². The number of piperidine rings is 1. The predicted molar refractivity (Wildman–Crippen MR) is 95.9 cm³/mol. The van der Waals surface area contributed by atoms with Crippen LogP contribution in [0.3, 0.4) is 0 Å². The van der Waals surface area contributed by atoms with Crippen LogP contribution in [0.25, 0.3) is 0 Å². The third-order valence-electron chi connectivity index (χ3n) is 5.38. The van der Waals surface area contributed by atoms with E-state index < -0.39 is 17.5 Å². The average Bonchev–Trinajstić information content (AvgIpc) is 3.01. The smallest absolute Gasteiger partial charge is 0.342 e. The minimum Gasteiger partial charge on any atom is -0.342 e. The van der Waals surface area contributed by atoms with Crippen molar-refractivity contribution in [3.63, 3.8) is 0 Å². The van der Waals surface area contributed by atoms with E-state index in [1.165, 1.54) is 4.90 Å². The van der Waals surface area contributed by atoms with Crippen LogP contribution in [0.1, 0.15) is 24.8 Å². The molecule has 1 unspecified atom stereocenters. The van der Waals surface area contributed by atoms with E-state index >= 15 is 0 Å². The van der Waals surface area contributed by atoms with Gasteiger partial charge in [-0.15, -0.1) is 12.4 Å². The monoisotopic (exact) mass is 391 g/mol. The molecule has 2 heterocycles. The molecule has 0 bridgehead atoms. The molecule has 3 rings (SSSR count). The SMILES string of the molecule is Cl.NC1CCN(C(=O)C2(C(F)(F)F)CCN(Cc3ccccc3)C2)CC1. The van der Waals surface area contributed by atoms with Crippen LogP contribution in [0.4, 0.5) is 13.2 Å². The van der Waals surface area contributed by atoms with Gasteiger partial charge in [0.2, 0.25) is 5.91 Å². The molecule has 0 radical (unpaired) electrons. The van der Waals surface area contributed by atoms with Gasteiger partial charge in [-0.3, -0.25) is 9.69 Å². The Labute approximate surface area is 157 Å². The molecule has 0 saturated carbocycles. The second-order valence-corrected chi connectivity index (χ2v) is 7.16. The lowest BCUT2D eigenvalue weighted by molar-refractivity contribution is -0.224. The number of hydrogen-bond donors (Lipinski definition) is 1. The zero-order chi connectivity index (χ0) is 18.1. The topological polar surface area (TPSA) is 49.6 Å². The minimum absolute atomic E-state index is 0. The Morgan fingerprint density at radius 3 is 2.35 bits per heavy atom. The number of amides is 1. The molecule has 1 aromatic rings. The quantitative estimate of drug-likeness (QED) is 0.862. The van der Waals surface area contributed by atoms with Gasteiger partial charge in [-0.1, -0.05) is 30.3 Å². The number of nitrogens with zero attached hydrogens (tertiary/aromatic N) is 2. The third-order valence-corrected chi connectivity index (χ3v) is 5.38. The number of likely N-dealkylation sites (tertiary alicyclic amines) is 2. The lowest BCUT2D eigenvalue weighted by Gasteiger charge is -2.38. The van der Waals surface area contributed by atoms with Crippen molar-refractivity contribution in [2.75, 3.05) is 26.2 Å². The van der Waals surface area contributed by atoms with Crippen molar-refractivity contribution in [2.24, 2.45) is 11.1 Å². The van der Waals surface area contributed by atoms with Crippen molar-refractivity contribution in [3.05, 3.63) is 35.9 Å². The largest absolute Gasteiger partial charge is 0.404 e. The van der Waals surface area contributed by atoms with Crippen molar-refractivity contribution in [2.45, 2.75) is 38.0 Å². The highest BCUT2D eigenvalue weighted by atomic mass is 35.5. The van der Waals surface area contributed by atoms with Crippen LogP contribution >= 0.6 is 12.4 Å². The van der Waals surface area contributed by atoms with E-state index in [0.29, 0.717) is 32.5 Å². The predicted octanol–water partition coefficient (Wildman–Crippen LogP) is 2.81. The Balaban J connectivity index is 0.00000243. The lowest BCUT2D eigenvalue weighted by Crippen LogP contribution is -2.56. The maximum atomic E-state index is 13.9. The molecule has 8 heteroatoms. The van der Waals surface area contributed by atoms with Gasteiger partial charge in [0.05, 0.1) is 0 Å². The summed E-state index contributed by atoms with van der Waals surface area (Å²) in [6, 6.07) is 9.36. The van der Waals surface area contributed by atoms with Gasteiger partial charge < -0.3 is 10.6 Å². The molecule has 2 aliphatic rings. The highest BCUT2D eigenvalue weighted by Crippen LogP contribution is 2.47. The van der Waals surface area contributed by atoms with Gasteiger partial charge in [0.1, 0.15) is 0 Å². The highest BCUT2D eigenvalue weighted by Gasteiger charge is 2.64. The van der Waals surface area contributed by atoms with Gasteiger partial charge in [0, 0.05) is 32.2 Å². The van der Waals surface area contributed by atoms with Gasteiger partial charge in [0.15, 0.2) is 5.41 Å². The van der Waals surface area contributed by atoms with Gasteiger partial charge >= 0.3 is 6.18 Å². The number of alkyl halides is 3. The molecule has 2 fully saturated rings. The third kappa shape index (κ3) is 4.15. The first kappa shape index (κ1) is 21.0. The molecule has 0 aromatic heterocycles. The van der Waals surface area contributed by atoms with Crippen molar-refractivity contribution in [3.8, 4) is 0 Å². The van der Waals surface area contributed by atoms with Crippen LogP contribution in [0.2, 0.25) is 0 Å². The minimum atomic E-state index is -4.55.